The van der Waals surface area contributed by atoms with Crippen molar-refractivity contribution >= 4 is 23.5 Å². The van der Waals surface area contributed by atoms with Crippen LogP contribution in [0.1, 0.15) is 43.5 Å². The first kappa shape index (κ1) is 15.2. The van der Waals surface area contributed by atoms with Gasteiger partial charge in [0.1, 0.15) is 5.82 Å². The molecule has 1 amide bonds. The van der Waals surface area contributed by atoms with Crippen molar-refractivity contribution in [2.24, 2.45) is 0 Å². The number of hydrogen-bond acceptors (Lipinski definition) is 4. The Hall–Kier alpha value is -1.23. The van der Waals surface area contributed by atoms with Gasteiger partial charge in [0.25, 0.3) is 5.91 Å². The van der Waals surface area contributed by atoms with E-state index in [0.29, 0.717) is 23.4 Å². The summed E-state index contributed by atoms with van der Waals surface area (Å²) in [5.41, 5.74) is 0.614. The van der Waals surface area contributed by atoms with Crippen LogP contribution in [0.15, 0.2) is 18.3 Å². The van der Waals surface area contributed by atoms with E-state index in [-0.39, 0.29) is 5.91 Å². The minimum Gasteiger partial charge on any atom is -0.366 e. The third-order valence-corrected chi connectivity index (χ3v) is 4.86. The summed E-state index contributed by atoms with van der Waals surface area (Å²) in [6.45, 7) is 4.75. The van der Waals surface area contributed by atoms with Crippen molar-refractivity contribution in [2.45, 2.75) is 44.4 Å². The predicted molar refractivity (Wildman–Crippen MR) is 85.4 cm³/mol. The number of thioether (sulfide) groups is 1. The molecule has 1 aromatic heterocycles. The molecule has 110 valence electrons. The van der Waals surface area contributed by atoms with Gasteiger partial charge in [0.15, 0.2) is 0 Å². The second-order valence-electron chi connectivity index (χ2n) is 4.97. The number of aromatic nitrogens is 1. The van der Waals surface area contributed by atoms with Crippen LogP contribution in [0.25, 0.3) is 0 Å². The predicted octanol–water partition coefficient (Wildman–Crippen LogP) is 2.92. The molecule has 1 aromatic rings. The molecular weight excluding hydrogens is 270 g/mol. The van der Waals surface area contributed by atoms with Crippen LogP contribution in [0.5, 0.6) is 0 Å². The van der Waals surface area contributed by atoms with Crippen LogP contribution in [-0.4, -0.2) is 34.5 Å². The van der Waals surface area contributed by atoms with Crippen molar-refractivity contribution in [1.82, 2.24) is 10.3 Å². The first-order valence-electron chi connectivity index (χ1n) is 7.37. The molecule has 2 unspecified atom stereocenters. The second kappa shape index (κ2) is 7.53. The highest BCUT2D eigenvalue weighted by Crippen LogP contribution is 2.31. The second-order valence-corrected chi connectivity index (χ2v) is 6.48. The van der Waals surface area contributed by atoms with Crippen molar-refractivity contribution in [2.75, 3.05) is 17.6 Å². The van der Waals surface area contributed by atoms with E-state index >= 15 is 0 Å². The summed E-state index contributed by atoms with van der Waals surface area (Å²) in [7, 11) is 0. The highest BCUT2D eigenvalue weighted by Gasteiger charge is 2.27. The minimum atomic E-state index is -0.0631. The maximum atomic E-state index is 11.7. The van der Waals surface area contributed by atoms with Gasteiger partial charge in [-0.3, -0.25) is 4.79 Å². The molecule has 0 saturated heterocycles. The van der Waals surface area contributed by atoms with Gasteiger partial charge in [-0.25, -0.2) is 4.98 Å². The fourth-order valence-corrected chi connectivity index (χ4v) is 3.77. The van der Waals surface area contributed by atoms with Gasteiger partial charge >= 0.3 is 0 Å². The third-order valence-electron chi connectivity index (χ3n) is 3.53. The Kier molecular flexibility index (Phi) is 5.71. The molecule has 1 aliphatic carbocycles. The van der Waals surface area contributed by atoms with E-state index in [1.54, 1.807) is 6.20 Å². The summed E-state index contributed by atoms with van der Waals surface area (Å²) in [6.07, 6.45) is 5.42. The number of rotatable bonds is 6. The molecule has 5 heteroatoms. The van der Waals surface area contributed by atoms with Crippen molar-refractivity contribution in [3.63, 3.8) is 0 Å². The summed E-state index contributed by atoms with van der Waals surface area (Å²) in [5, 5.41) is 6.97. The highest BCUT2D eigenvalue weighted by atomic mass is 32.2. The van der Waals surface area contributed by atoms with Crippen LogP contribution in [0.2, 0.25) is 0 Å². The van der Waals surface area contributed by atoms with Gasteiger partial charge in [-0.2, -0.15) is 11.8 Å². The summed E-state index contributed by atoms with van der Waals surface area (Å²) in [4.78, 5) is 16.0. The van der Waals surface area contributed by atoms with Gasteiger partial charge in [0.05, 0.1) is 5.56 Å². The monoisotopic (exact) mass is 293 g/mol. The van der Waals surface area contributed by atoms with Crippen LogP contribution in [-0.2, 0) is 0 Å². The number of amides is 1. The Bertz CT molecular complexity index is 435. The molecule has 2 N–H and O–H groups in total. The van der Waals surface area contributed by atoms with Gasteiger partial charge in [0.2, 0.25) is 0 Å². The average Bonchev–Trinajstić information content (AvgIpc) is 2.88. The van der Waals surface area contributed by atoms with E-state index in [4.69, 9.17) is 0 Å². The Morgan fingerprint density at radius 1 is 1.40 bits per heavy atom. The third kappa shape index (κ3) is 3.88. The van der Waals surface area contributed by atoms with Gasteiger partial charge in [-0.05, 0) is 37.7 Å². The molecule has 20 heavy (non-hydrogen) atoms. The van der Waals surface area contributed by atoms with E-state index in [1.807, 2.05) is 30.8 Å². The standard InChI is InChI=1S/C15H23N3OS/c1-3-16-15(19)11-8-9-14(17-10-11)18-12-6-5-7-13(12)20-4-2/h8-10,12-13H,3-7H2,1-2H3,(H,16,19)(H,17,18). The zero-order valence-corrected chi connectivity index (χ0v) is 13.0. The number of carbonyl (C=O) groups is 1. The molecule has 1 aliphatic rings. The SMILES string of the molecule is CCNC(=O)c1ccc(NC2CCCC2SCC)nc1. The quantitative estimate of drug-likeness (QED) is 0.847. The number of anilines is 1. The molecule has 0 spiro atoms. The zero-order valence-electron chi connectivity index (χ0n) is 12.2. The van der Waals surface area contributed by atoms with Gasteiger partial charge in [0, 0.05) is 24.0 Å². The fraction of sp³-hybridized carbons (Fsp3) is 0.600. The Balaban J connectivity index is 1.95. The molecule has 0 bridgehead atoms. The van der Waals surface area contributed by atoms with Crippen LogP contribution >= 0.6 is 11.8 Å². The summed E-state index contributed by atoms with van der Waals surface area (Å²) in [5.74, 6) is 1.96. The molecule has 0 aliphatic heterocycles. The minimum absolute atomic E-state index is 0.0631. The largest absolute Gasteiger partial charge is 0.366 e. The molecule has 2 rings (SSSR count). The van der Waals surface area contributed by atoms with Crippen molar-refractivity contribution in [3.8, 4) is 0 Å². The van der Waals surface area contributed by atoms with E-state index in [2.05, 4.69) is 22.5 Å². The molecule has 4 nitrogen and oxygen atoms in total. The van der Waals surface area contributed by atoms with E-state index in [1.165, 1.54) is 19.3 Å². The maximum Gasteiger partial charge on any atom is 0.252 e. The van der Waals surface area contributed by atoms with Gasteiger partial charge < -0.3 is 10.6 Å². The molecule has 1 saturated carbocycles. The van der Waals surface area contributed by atoms with E-state index in [9.17, 15) is 4.79 Å². The smallest absolute Gasteiger partial charge is 0.252 e. The lowest BCUT2D eigenvalue weighted by molar-refractivity contribution is 0.0955. The Morgan fingerprint density at radius 2 is 2.25 bits per heavy atom. The van der Waals surface area contributed by atoms with E-state index in [0.717, 1.165) is 11.6 Å². The van der Waals surface area contributed by atoms with Crippen LogP contribution in [0, 0.1) is 0 Å². The molecule has 2 atom stereocenters. The first-order valence-corrected chi connectivity index (χ1v) is 8.41. The number of nitrogens with zero attached hydrogens (tertiary/aromatic N) is 1. The topological polar surface area (TPSA) is 54.0 Å². The molecular formula is C15H23N3OS. The van der Waals surface area contributed by atoms with Crippen molar-refractivity contribution < 1.29 is 4.79 Å². The van der Waals surface area contributed by atoms with Crippen LogP contribution in [0.3, 0.4) is 0 Å². The molecule has 1 fully saturated rings. The number of carbonyl (C=O) groups excluding carboxylic acids is 1. The zero-order chi connectivity index (χ0) is 14.4. The average molecular weight is 293 g/mol. The van der Waals surface area contributed by atoms with E-state index < -0.39 is 0 Å². The Morgan fingerprint density at radius 3 is 2.90 bits per heavy atom. The summed E-state index contributed by atoms with van der Waals surface area (Å²) in [6, 6.07) is 4.23. The number of pyridine rings is 1. The molecule has 0 aromatic carbocycles. The van der Waals surface area contributed by atoms with Gasteiger partial charge in [-0.1, -0.05) is 13.3 Å². The van der Waals surface area contributed by atoms with Crippen LogP contribution < -0.4 is 10.6 Å². The number of nitrogens with one attached hydrogen (secondary N) is 2. The fourth-order valence-electron chi connectivity index (χ4n) is 2.57. The van der Waals surface area contributed by atoms with Crippen molar-refractivity contribution in [1.29, 1.82) is 0 Å². The molecule has 0 radical (unpaired) electrons. The van der Waals surface area contributed by atoms with Gasteiger partial charge in [-0.15, -0.1) is 0 Å². The lowest BCUT2D eigenvalue weighted by Gasteiger charge is -2.20. The Labute approximate surface area is 125 Å². The first-order chi connectivity index (χ1) is 9.74. The maximum absolute atomic E-state index is 11.7. The van der Waals surface area contributed by atoms with Crippen molar-refractivity contribution in [3.05, 3.63) is 23.9 Å². The summed E-state index contributed by atoms with van der Waals surface area (Å²) < 4.78 is 0. The normalized spacial score (nSPS) is 21.7. The summed E-state index contributed by atoms with van der Waals surface area (Å²) >= 11 is 2.03. The highest BCUT2D eigenvalue weighted by molar-refractivity contribution is 7.99. The molecule has 1 heterocycles. The lowest BCUT2D eigenvalue weighted by atomic mass is 10.2. The lowest BCUT2D eigenvalue weighted by Crippen LogP contribution is -2.27. The van der Waals surface area contributed by atoms with Crippen LogP contribution in [0.4, 0.5) is 5.82 Å². The number of hydrogen-bond donors (Lipinski definition) is 2.